The molecule has 0 unspecified atom stereocenters. The first kappa shape index (κ1) is 21.4. The minimum atomic E-state index is -4.42. The zero-order valence-electron chi connectivity index (χ0n) is 16.7. The third kappa shape index (κ3) is 5.82. The fraction of sp³-hybridized carbons (Fsp3) is 0.524. The molecule has 2 heterocycles. The Bertz CT molecular complexity index is 823. The van der Waals surface area contributed by atoms with Crippen molar-refractivity contribution in [3.05, 3.63) is 48.0 Å². The zero-order valence-corrected chi connectivity index (χ0v) is 16.7. The molecule has 1 saturated heterocycles. The van der Waals surface area contributed by atoms with E-state index in [1.807, 2.05) is 12.4 Å². The van der Waals surface area contributed by atoms with Crippen molar-refractivity contribution in [3.63, 3.8) is 0 Å². The molecule has 3 rings (SSSR count). The van der Waals surface area contributed by atoms with E-state index in [0.29, 0.717) is 11.8 Å². The summed E-state index contributed by atoms with van der Waals surface area (Å²) in [5.74, 6) is 1.71. The molecule has 0 spiro atoms. The standard InChI is InChI=1S/C21H27F3N4O/c1-15(2)20-25-8-11-28(20)13-16-6-9-27(10-7-16)14-19(29)26-18-5-3-4-17(12-18)21(22,23)24/h3-5,8,11-12,15-16H,6-7,9-10,13-14H2,1-2H3,(H,26,29). The Kier molecular flexibility index (Phi) is 6.62. The van der Waals surface area contributed by atoms with Gasteiger partial charge in [0, 0.05) is 30.5 Å². The highest BCUT2D eigenvalue weighted by Crippen LogP contribution is 2.30. The van der Waals surface area contributed by atoms with Crippen LogP contribution >= 0.6 is 0 Å². The molecule has 1 aromatic carbocycles. The lowest BCUT2D eigenvalue weighted by Gasteiger charge is -2.32. The van der Waals surface area contributed by atoms with Crippen molar-refractivity contribution < 1.29 is 18.0 Å². The monoisotopic (exact) mass is 408 g/mol. The van der Waals surface area contributed by atoms with Gasteiger partial charge in [-0.2, -0.15) is 13.2 Å². The second-order valence-electron chi connectivity index (χ2n) is 7.94. The van der Waals surface area contributed by atoms with E-state index in [1.165, 1.54) is 12.1 Å². The van der Waals surface area contributed by atoms with Crippen molar-refractivity contribution in [1.29, 1.82) is 0 Å². The average molecular weight is 408 g/mol. The van der Waals surface area contributed by atoms with Crippen LogP contribution in [0.1, 0.15) is 44.0 Å². The Morgan fingerprint density at radius 3 is 2.66 bits per heavy atom. The number of aromatic nitrogens is 2. The molecule has 1 aliphatic heterocycles. The fourth-order valence-electron chi connectivity index (χ4n) is 3.76. The maximum absolute atomic E-state index is 12.8. The van der Waals surface area contributed by atoms with Crippen LogP contribution in [0.15, 0.2) is 36.7 Å². The van der Waals surface area contributed by atoms with Crippen LogP contribution in [0.5, 0.6) is 0 Å². The highest BCUT2D eigenvalue weighted by Gasteiger charge is 2.30. The molecular formula is C21H27F3N4O. The van der Waals surface area contributed by atoms with Gasteiger partial charge >= 0.3 is 6.18 Å². The van der Waals surface area contributed by atoms with Gasteiger partial charge < -0.3 is 9.88 Å². The summed E-state index contributed by atoms with van der Waals surface area (Å²) >= 11 is 0. The Morgan fingerprint density at radius 1 is 1.28 bits per heavy atom. The van der Waals surface area contributed by atoms with E-state index < -0.39 is 11.7 Å². The number of amides is 1. The first-order valence-electron chi connectivity index (χ1n) is 9.93. The molecule has 0 saturated carbocycles. The van der Waals surface area contributed by atoms with Crippen LogP contribution in [0.3, 0.4) is 0 Å². The number of piperidine rings is 1. The lowest BCUT2D eigenvalue weighted by Crippen LogP contribution is -2.40. The third-order valence-corrected chi connectivity index (χ3v) is 5.27. The molecule has 8 heteroatoms. The Balaban J connectivity index is 1.47. The normalized spacial score (nSPS) is 16.3. The second-order valence-corrected chi connectivity index (χ2v) is 7.94. The fourth-order valence-corrected chi connectivity index (χ4v) is 3.76. The van der Waals surface area contributed by atoms with Crippen molar-refractivity contribution in [3.8, 4) is 0 Å². The quantitative estimate of drug-likeness (QED) is 0.772. The minimum absolute atomic E-state index is 0.168. The van der Waals surface area contributed by atoms with Crippen LogP contribution in [-0.2, 0) is 17.5 Å². The van der Waals surface area contributed by atoms with Gasteiger partial charge in [-0.15, -0.1) is 0 Å². The van der Waals surface area contributed by atoms with Gasteiger partial charge in [0.25, 0.3) is 0 Å². The van der Waals surface area contributed by atoms with Gasteiger partial charge in [0.05, 0.1) is 12.1 Å². The summed E-state index contributed by atoms with van der Waals surface area (Å²) in [6.45, 7) is 6.97. The van der Waals surface area contributed by atoms with E-state index in [9.17, 15) is 18.0 Å². The molecule has 0 bridgehead atoms. The molecular weight excluding hydrogens is 381 g/mol. The molecule has 2 aromatic rings. The van der Waals surface area contributed by atoms with Crippen molar-refractivity contribution >= 4 is 11.6 Å². The van der Waals surface area contributed by atoms with Crippen LogP contribution < -0.4 is 5.32 Å². The summed E-state index contributed by atoms with van der Waals surface area (Å²) in [7, 11) is 0. The molecule has 5 nitrogen and oxygen atoms in total. The molecule has 1 amide bonds. The smallest absolute Gasteiger partial charge is 0.334 e. The highest BCUT2D eigenvalue weighted by atomic mass is 19.4. The van der Waals surface area contributed by atoms with Gasteiger partial charge in [0.2, 0.25) is 5.91 Å². The number of carbonyl (C=O) groups is 1. The number of hydrogen-bond acceptors (Lipinski definition) is 3. The molecule has 1 aliphatic rings. The van der Waals surface area contributed by atoms with Gasteiger partial charge in [0.1, 0.15) is 5.82 Å². The number of nitrogens with zero attached hydrogens (tertiary/aromatic N) is 3. The number of anilines is 1. The van der Waals surface area contributed by atoms with E-state index in [2.05, 4.69) is 33.6 Å². The molecule has 29 heavy (non-hydrogen) atoms. The number of halogens is 3. The van der Waals surface area contributed by atoms with Gasteiger partial charge in [-0.3, -0.25) is 9.69 Å². The maximum atomic E-state index is 12.8. The van der Waals surface area contributed by atoms with Crippen LogP contribution in [0.2, 0.25) is 0 Å². The molecule has 158 valence electrons. The van der Waals surface area contributed by atoms with Crippen LogP contribution in [0.25, 0.3) is 0 Å². The summed E-state index contributed by atoms with van der Waals surface area (Å²) < 4.78 is 40.6. The summed E-state index contributed by atoms with van der Waals surface area (Å²) in [5.41, 5.74) is -0.600. The van der Waals surface area contributed by atoms with Crippen molar-refractivity contribution in [2.45, 2.75) is 45.3 Å². The number of carbonyl (C=O) groups excluding carboxylic acids is 1. The van der Waals surface area contributed by atoms with Crippen LogP contribution in [0.4, 0.5) is 18.9 Å². The molecule has 1 aromatic heterocycles. The number of likely N-dealkylation sites (tertiary alicyclic amines) is 1. The predicted molar refractivity (Wildman–Crippen MR) is 106 cm³/mol. The number of imidazole rings is 1. The first-order chi connectivity index (χ1) is 13.7. The van der Waals surface area contributed by atoms with E-state index >= 15 is 0 Å². The Morgan fingerprint density at radius 2 is 2.00 bits per heavy atom. The van der Waals surface area contributed by atoms with Crippen LogP contribution in [-0.4, -0.2) is 40.0 Å². The van der Waals surface area contributed by atoms with Gasteiger partial charge in [-0.1, -0.05) is 19.9 Å². The minimum Gasteiger partial charge on any atom is -0.334 e. The topological polar surface area (TPSA) is 50.2 Å². The summed E-state index contributed by atoms with van der Waals surface area (Å²) in [5, 5.41) is 2.58. The van der Waals surface area contributed by atoms with Gasteiger partial charge in [-0.05, 0) is 50.0 Å². The van der Waals surface area contributed by atoms with E-state index in [0.717, 1.165) is 50.4 Å². The van der Waals surface area contributed by atoms with E-state index in [1.54, 1.807) is 0 Å². The lowest BCUT2D eigenvalue weighted by atomic mass is 9.96. The third-order valence-electron chi connectivity index (χ3n) is 5.27. The predicted octanol–water partition coefficient (Wildman–Crippen LogP) is 4.38. The molecule has 0 radical (unpaired) electrons. The maximum Gasteiger partial charge on any atom is 0.416 e. The largest absolute Gasteiger partial charge is 0.416 e. The van der Waals surface area contributed by atoms with Crippen molar-refractivity contribution in [1.82, 2.24) is 14.5 Å². The second kappa shape index (κ2) is 8.98. The average Bonchev–Trinajstić information content (AvgIpc) is 3.11. The Labute approximate surface area is 168 Å². The summed E-state index contributed by atoms with van der Waals surface area (Å²) in [6, 6.07) is 4.72. The number of benzene rings is 1. The number of nitrogens with one attached hydrogen (secondary N) is 1. The molecule has 0 aliphatic carbocycles. The molecule has 0 atom stereocenters. The first-order valence-corrected chi connectivity index (χ1v) is 9.93. The molecule has 1 fully saturated rings. The Hall–Kier alpha value is -2.35. The number of rotatable bonds is 6. The number of hydrogen-bond donors (Lipinski definition) is 1. The molecule has 1 N–H and O–H groups in total. The summed E-state index contributed by atoms with van der Waals surface area (Å²) in [4.78, 5) is 18.7. The van der Waals surface area contributed by atoms with Crippen molar-refractivity contribution in [2.75, 3.05) is 25.0 Å². The van der Waals surface area contributed by atoms with Crippen LogP contribution in [0, 0.1) is 5.92 Å². The highest BCUT2D eigenvalue weighted by molar-refractivity contribution is 5.92. The zero-order chi connectivity index (χ0) is 21.0. The summed E-state index contributed by atoms with van der Waals surface area (Å²) in [6.07, 6.45) is 1.39. The van der Waals surface area contributed by atoms with E-state index in [-0.39, 0.29) is 18.1 Å². The van der Waals surface area contributed by atoms with Gasteiger partial charge in [0.15, 0.2) is 0 Å². The lowest BCUT2D eigenvalue weighted by molar-refractivity contribution is -0.137. The van der Waals surface area contributed by atoms with Gasteiger partial charge in [-0.25, -0.2) is 4.98 Å². The van der Waals surface area contributed by atoms with Crippen molar-refractivity contribution in [2.24, 2.45) is 5.92 Å². The SMILES string of the molecule is CC(C)c1nccn1CC1CCN(CC(=O)Nc2cccc(C(F)(F)F)c2)CC1. The number of alkyl halides is 3. The van der Waals surface area contributed by atoms with E-state index in [4.69, 9.17) is 0 Å².